The van der Waals surface area contributed by atoms with E-state index in [9.17, 15) is 0 Å². The van der Waals surface area contributed by atoms with E-state index in [1.807, 2.05) is 6.07 Å². The predicted octanol–water partition coefficient (Wildman–Crippen LogP) is 4.81. The Morgan fingerprint density at radius 1 is 1.25 bits per heavy atom. The second-order valence-corrected chi connectivity index (χ2v) is 7.06. The molecule has 0 amide bonds. The molecule has 100 valence electrons. The van der Waals surface area contributed by atoms with Gasteiger partial charge in [-0.1, -0.05) is 51.5 Å². The van der Waals surface area contributed by atoms with E-state index < -0.39 is 0 Å². The van der Waals surface area contributed by atoms with Crippen molar-refractivity contribution in [3.05, 3.63) is 58.1 Å². The SMILES string of the molecule is Brc1ccc2nc(NCC3Cc4ccccc43)sc2c1. The molecule has 0 saturated heterocycles. The molecule has 1 aromatic heterocycles. The molecule has 1 unspecified atom stereocenters. The summed E-state index contributed by atoms with van der Waals surface area (Å²) in [5.41, 5.74) is 4.05. The molecule has 1 aliphatic carbocycles. The molecule has 0 fully saturated rings. The van der Waals surface area contributed by atoms with Crippen molar-refractivity contribution in [2.45, 2.75) is 12.3 Å². The summed E-state index contributed by atoms with van der Waals surface area (Å²) < 4.78 is 2.32. The zero-order valence-corrected chi connectivity index (χ0v) is 13.2. The van der Waals surface area contributed by atoms with E-state index in [1.165, 1.54) is 22.2 Å². The Kier molecular flexibility index (Phi) is 3.00. The van der Waals surface area contributed by atoms with Crippen LogP contribution in [-0.2, 0) is 6.42 Å². The van der Waals surface area contributed by atoms with Gasteiger partial charge in [0.2, 0.25) is 0 Å². The molecule has 4 heteroatoms. The second-order valence-electron chi connectivity index (χ2n) is 5.11. The molecule has 0 aliphatic heterocycles. The molecule has 0 spiro atoms. The van der Waals surface area contributed by atoms with Gasteiger partial charge in [-0.05, 0) is 35.7 Å². The third kappa shape index (κ3) is 2.13. The van der Waals surface area contributed by atoms with Gasteiger partial charge in [0, 0.05) is 16.9 Å². The van der Waals surface area contributed by atoms with Crippen molar-refractivity contribution in [1.29, 1.82) is 0 Å². The minimum Gasteiger partial charge on any atom is -0.361 e. The van der Waals surface area contributed by atoms with Crippen LogP contribution in [0.25, 0.3) is 10.2 Å². The largest absolute Gasteiger partial charge is 0.361 e. The summed E-state index contributed by atoms with van der Waals surface area (Å²) in [7, 11) is 0. The molecule has 0 bridgehead atoms. The third-order valence-corrected chi connectivity index (χ3v) is 5.28. The van der Waals surface area contributed by atoms with Gasteiger partial charge in [-0.25, -0.2) is 4.98 Å². The van der Waals surface area contributed by atoms with Crippen molar-refractivity contribution in [3.8, 4) is 0 Å². The smallest absolute Gasteiger partial charge is 0.183 e. The van der Waals surface area contributed by atoms with E-state index in [0.29, 0.717) is 5.92 Å². The fourth-order valence-corrected chi connectivity index (χ4v) is 4.15. The molecule has 0 radical (unpaired) electrons. The quantitative estimate of drug-likeness (QED) is 0.737. The molecule has 1 atom stereocenters. The summed E-state index contributed by atoms with van der Waals surface area (Å²) in [6.45, 7) is 0.970. The van der Waals surface area contributed by atoms with Crippen molar-refractivity contribution in [1.82, 2.24) is 4.98 Å². The molecule has 2 aromatic carbocycles. The Balaban J connectivity index is 1.49. The number of nitrogens with one attached hydrogen (secondary N) is 1. The van der Waals surface area contributed by atoms with Gasteiger partial charge in [-0.3, -0.25) is 0 Å². The zero-order valence-electron chi connectivity index (χ0n) is 10.8. The van der Waals surface area contributed by atoms with Crippen molar-refractivity contribution in [2.24, 2.45) is 0 Å². The second kappa shape index (κ2) is 4.86. The summed E-state index contributed by atoms with van der Waals surface area (Å²) >= 11 is 5.22. The third-order valence-electron chi connectivity index (χ3n) is 3.81. The zero-order chi connectivity index (χ0) is 13.5. The highest BCUT2D eigenvalue weighted by atomic mass is 79.9. The molecular formula is C16H13BrN2S. The molecule has 20 heavy (non-hydrogen) atoms. The molecule has 1 heterocycles. The molecule has 4 rings (SSSR count). The van der Waals surface area contributed by atoms with Crippen LogP contribution >= 0.6 is 27.3 Å². The highest BCUT2D eigenvalue weighted by Gasteiger charge is 2.25. The van der Waals surface area contributed by atoms with E-state index in [2.05, 4.69) is 62.6 Å². The van der Waals surface area contributed by atoms with Gasteiger partial charge in [0.25, 0.3) is 0 Å². The lowest BCUT2D eigenvalue weighted by Gasteiger charge is -2.30. The number of thiazole rings is 1. The van der Waals surface area contributed by atoms with Gasteiger partial charge >= 0.3 is 0 Å². The van der Waals surface area contributed by atoms with Crippen LogP contribution in [-0.4, -0.2) is 11.5 Å². The molecule has 3 aromatic rings. The Morgan fingerprint density at radius 3 is 3.05 bits per heavy atom. The van der Waals surface area contributed by atoms with Gasteiger partial charge in [0.1, 0.15) is 0 Å². The summed E-state index contributed by atoms with van der Waals surface area (Å²) in [4.78, 5) is 4.63. The van der Waals surface area contributed by atoms with Crippen molar-refractivity contribution < 1.29 is 0 Å². The first-order chi connectivity index (χ1) is 9.79. The fourth-order valence-electron chi connectivity index (χ4n) is 2.73. The Bertz CT molecular complexity index is 781. The maximum Gasteiger partial charge on any atom is 0.183 e. The predicted molar refractivity (Wildman–Crippen MR) is 88.7 cm³/mol. The highest BCUT2D eigenvalue weighted by molar-refractivity contribution is 9.10. The van der Waals surface area contributed by atoms with E-state index in [-0.39, 0.29) is 0 Å². The Morgan fingerprint density at radius 2 is 2.15 bits per heavy atom. The number of nitrogens with zero attached hydrogens (tertiary/aromatic N) is 1. The summed E-state index contributed by atoms with van der Waals surface area (Å²) in [5.74, 6) is 0.630. The van der Waals surface area contributed by atoms with Crippen molar-refractivity contribution >= 4 is 42.6 Å². The van der Waals surface area contributed by atoms with Crippen molar-refractivity contribution in [2.75, 3.05) is 11.9 Å². The van der Waals surface area contributed by atoms with Crippen LogP contribution in [0.1, 0.15) is 17.0 Å². The maximum absolute atomic E-state index is 4.63. The number of rotatable bonds is 3. The van der Waals surface area contributed by atoms with Crippen LogP contribution in [0.2, 0.25) is 0 Å². The van der Waals surface area contributed by atoms with Gasteiger partial charge in [-0.15, -0.1) is 0 Å². The van der Waals surface area contributed by atoms with Crippen LogP contribution in [0.15, 0.2) is 46.9 Å². The normalized spacial score (nSPS) is 16.8. The minimum absolute atomic E-state index is 0.630. The first kappa shape index (κ1) is 12.4. The molecule has 1 N–H and O–H groups in total. The van der Waals surface area contributed by atoms with Crippen LogP contribution in [0.5, 0.6) is 0 Å². The lowest BCUT2D eigenvalue weighted by Crippen LogP contribution is -2.24. The van der Waals surface area contributed by atoms with Crippen LogP contribution in [0.4, 0.5) is 5.13 Å². The van der Waals surface area contributed by atoms with Gasteiger partial charge in [0.05, 0.1) is 10.2 Å². The Hall–Kier alpha value is -1.39. The number of hydrogen-bond acceptors (Lipinski definition) is 3. The highest BCUT2D eigenvalue weighted by Crippen LogP contribution is 2.35. The lowest BCUT2D eigenvalue weighted by molar-refractivity contribution is 0.635. The average Bonchev–Trinajstić information content (AvgIpc) is 2.81. The monoisotopic (exact) mass is 344 g/mol. The number of halogens is 1. The Labute approximate surface area is 130 Å². The fraction of sp³-hybridized carbons (Fsp3) is 0.188. The molecule has 1 aliphatic rings. The maximum atomic E-state index is 4.63. The molecule has 0 saturated carbocycles. The number of aromatic nitrogens is 1. The average molecular weight is 345 g/mol. The molecule has 2 nitrogen and oxygen atoms in total. The van der Waals surface area contributed by atoms with Crippen LogP contribution in [0, 0.1) is 0 Å². The van der Waals surface area contributed by atoms with Crippen LogP contribution < -0.4 is 5.32 Å². The van der Waals surface area contributed by atoms with E-state index >= 15 is 0 Å². The first-order valence-electron chi connectivity index (χ1n) is 6.67. The molecular weight excluding hydrogens is 332 g/mol. The lowest BCUT2D eigenvalue weighted by atomic mass is 9.78. The van der Waals surface area contributed by atoms with Crippen molar-refractivity contribution in [3.63, 3.8) is 0 Å². The number of benzene rings is 2. The van der Waals surface area contributed by atoms with E-state index in [1.54, 1.807) is 11.3 Å². The number of anilines is 1. The summed E-state index contributed by atoms with van der Waals surface area (Å²) in [6, 6.07) is 14.9. The minimum atomic E-state index is 0.630. The van der Waals surface area contributed by atoms with Gasteiger partial charge in [-0.2, -0.15) is 0 Å². The summed E-state index contributed by atoms with van der Waals surface area (Å²) in [5, 5.41) is 4.50. The van der Waals surface area contributed by atoms with E-state index in [0.717, 1.165) is 21.7 Å². The van der Waals surface area contributed by atoms with Gasteiger partial charge in [0.15, 0.2) is 5.13 Å². The topological polar surface area (TPSA) is 24.9 Å². The number of hydrogen-bond donors (Lipinski definition) is 1. The van der Waals surface area contributed by atoms with E-state index in [4.69, 9.17) is 0 Å². The van der Waals surface area contributed by atoms with Gasteiger partial charge < -0.3 is 5.32 Å². The summed E-state index contributed by atoms with van der Waals surface area (Å²) in [6.07, 6.45) is 1.18. The standard InChI is InChI=1S/C16H13BrN2S/c17-12-5-6-14-15(8-12)20-16(19-14)18-9-11-7-10-3-1-2-4-13(10)11/h1-6,8,11H,7,9H2,(H,18,19). The van der Waals surface area contributed by atoms with Crippen LogP contribution in [0.3, 0.4) is 0 Å². The first-order valence-corrected chi connectivity index (χ1v) is 8.28. The number of fused-ring (bicyclic) bond motifs is 2.